The van der Waals surface area contributed by atoms with E-state index in [1.807, 2.05) is 13.8 Å². The largest absolute Gasteiger partial charge is 0.460 e. The van der Waals surface area contributed by atoms with Crippen LogP contribution in [-0.4, -0.2) is 82.9 Å². The van der Waals surface area contributed by atoms with Gasteiger partial charge in [-0.3, -0.25) is 24.5 Å². The Hall–Kier alpha value is -2.24. The number of unbranched alkanes of at least 4 members (excludes halogenated alkanes) is 11. The summed E-state index contributed by atoms with van der Waals surface area (Å²) < 4.78 is 5.82. The molecule has 11 heteroatoms. The van der Waals surface area contributed by atoms with Gasteiger partial charge in [0, 0.05) is 19.5 Å². The number of aliphatic hydroxyl groups excluding tert-OH is 2. The van der Waals surface area contributed by atoms with E-state index in [0.29, 0.717) is 6.42 Å². The first-order chi connectivity index (χ1) is 20.4. The van der Waals surface area contributed by atoms with Crippen LogP contribution < -0.4 is 16.4 Å². The quantitative estimate of drug-likeness (QED) is 0.131. The highest BCUT2D eigenvalue weighted by Crippen LogP contribution is 2.25. The van der Waals surface area contributed by atoms with Crippen LogP contribution in [0.1, 0.15) is 124 Å². The number of hydrogen-bond acceptors (Lipinski definition) is 8. The summed E-state index contributed by atoms with van der Waals surface area (Å²) in [5.74, 6) is -3.70. The van der Waals surface area contributed by atoms with Gasteiger partial charge < -0.3 is 30.9 Å². The minimum atomic E-state index is -1.99. The first kappa shape index (κ1) is 38.8. The smallest absolute Gasteiger partial charge is 0.326 e. The molecule has 1 heterocycles. The molecule has 1 aliphatic rings. The number of aliphatic hydroxyl groups is 2. The van der Waals surface area contributed by atoms with Crippen LogP contribution in [0.5, 0.6) is 0 Å². The molecule has 250 valence electrons. The van der Waals surface area contributed by atoms with Crippen molar-refractivity contribution >= 4 is 23.7 Å². The highest BCUT2D eigenvalue weighted by Gasteiger charge is 2.39. The summed E-state index contributed by atoms with van der Waals surface area (Å²) in [4.78, 5) is 52.1. The zero-order valence-corrected chi connectivity index (χ0v) is 27.3. The fraction of sp³-hybridized carbons (Fsp3) is 0.875. The number of carbonyl (C=O) groups excluding carboxylic acids is 4. The number of hydrogen-bond donors (Lipinski definition) is 5. The third-order valence-corrected chi connectivity index (χ3v) is 8.52. The predicted octanol–water partition coefficient (Wildman–Crippen LogP) is 3.14. The molecule has 6 N–H and O–H groups in total. The second-order valence-electron chi connectivity index (χ2n) is 12.6. The lowest BCUT2D eigenvalue weighted by molar-refractivity contribution is -0.165. The lowest BCUT2D eigenvalue weighted by atomic mass is 9.88. The number of nitrogens with zero attached hydrogens (tertiary/aromatic N) is 1. The third-order valence-electron chi connectivity index (χ3n) is 8.52. The minimum Gasteiger partial charge on any atom is -0.460 e. The maximum Gasteiger partial charge on any atom is 0.326 e. The number of nitrogens with two attached hydrogens (primary N) is 1. The van der Waals surface area contributed by atoms with E-state index in [1.54, 1.807) is 6.92 Å². The van der Waals surface area contributed by atoms with Crippen molar-refractivity contribution in [2.45, 2.75) is 155 Å². The van der Waals surface area contributed by atoms with Crippen LogP contribution in [0, 0.1) is 11.8 Å². The van der Waals surface area contributed by atoms with Gasteiger partial charge in [-0.15, -0.1) is 0 Å². The number of esters is 1. The molecule has 0 aromatic rings. The van der Waals surface area contributed by atoms with E-state index >= 15 is 0 Å². The molecule has 0 aliphatic carbocycles. The van der Waals surface area contributed by atoms with Crippen LogP contribution in [0.2, 0.25) is 0 Å². The molecule has 0 spiro atoms. The van der Waals surface area contributed by atoms with Crippen molar-refractivity contribution in [3.05, 3.63) is 0 Å². The number of β-amino-alcohol motifs (C(OH)–C–C–N with tert-alkyl or cyclic N) is 1. The Morgan fingerprint density at radius 3 is 2.07 bits per heavy atom. The summed E-state index contributed by atoms with van der Waals surface area (Å²) in [6.45, 7) is 7.44. The number of nitrogens with one attached hydrogen (secondary N) is 2. The molecule has 0 radical (unpaired) electrons. The number of carbonyl (C=O) groups is 4. The maximum atomic E-state index is 13.3. The van der Waals surface area contributed by atoms with Crippen molar-refractivity contribution in [1.29, 1.82) is 0 Å². The molecule has 1 saturated heterocycles. The van der Waals surface area contributed by atoms with Gasteiger partial charge in [0.25, 0.3) is 0 Å². The van der Waals surface area contributed by atoms with Gasteiger partial charge in [0.2, 0.25) is 17.7 Å². The summed E-state index contributed by atoms with van der Waals surface area (Å²) in [6, 6.07) is -1.98. The van der Waals surface area contributed by atoms with Crippen molar-refractivity contribution in [3.63, 3.8) is 0 Å². The Morgan fingerprint density at radius 1 is 1.00 bits per heavy atom. The normalized spacial score (nSPS) is 26.2. The second-order valence-corrected chi connectivity index (χ2v) is 12.6. The van der Waals surface area contributed by atoms with Crippen LogP contribution in [0.4, 0.5) is 0 Å². The zero-order chi connectivity index (χ0) is 32.4. The summed E-state index contributed by atoms with van der Waals surface area (Å²) in [6.07, 6.45) is 11.7. The van der Waals surface area contributed by atoms with Gasteiger partial charge in [-0.2, -0.15) is 0 Å². The standard InChI is InChI=1S/C32H60N4O7/c1-6-7-8-9-10-11-12-13-14-15-16-17-18-22(2)29-24(4)31(41)34-23(3)19-20-26(38)36(5)21-25(37)35-27(32(42)43-29)28(39)30(33)40/h22-25,27-29,35,37,39H,6-21H2,1-5H3,(H2,33,40)(H,34,41)/t22?,23?,24-,25?,27?,28?,29?/m0/s1. The molecule has 0 saturated carbocycles. The van der Waals surface area contributed by atoms with Crippen molar-refractivity contribution < 1.29 is 34.1 Å². The van der Waals surface area contributed by atoms with Crippen molar-refractivity contribution in [2.24, 2.45) is 17.6 Å². The zero-order valence-electron chi connectivity index (χ0n) is 27.3. The van der Waals surface area contributed by atoms with E-state index < -0.39 is 42.3 Å². The van der Waals surface area contributed by atoms with E-state index in [0.717, 1.165) is 25.7 Å². The molecular weight excluding hydrogens is 552 g/mol. The monoisotopic (exact) mass is 612 g/mol. The fourth-order valence-electron chi connectivity index (χ4n) is 5.59. The highest BCUT2D eigenvalue weighted by molar-refractivity contribution is 5.88. The third kappa shape index (κ3) is 15.4. The van der Waals surface area contributed by atoms with E-state index in [4.69, 9.17) is 10.5 Å². The Labute approximate surface area is 259 Å². The number of rotatable bonds is 16. The molecule has 0 aromatic carbocycles. The predicted molar refractivity (Wildman–Crippen MR) is 167 cm³/mol. The Kier molecular flexibility index (Phi) is 19.4. The molecule has 3 amide bonds. The van der Waals surface area contributed by atoms with Crippen LogP contribution in [0.3, 0.4) is 0 Å². The average Bonchev–Trinajstić information content (AvgIpc) is 2.96. The SMILES string of the molecule is CCCCCCCCCCCCCCC(C)C1OC(=O)C(C(O)C(N)=O)NC(O)CN(C)C(=O)CCC(C)NC(=O)[C@H]1C. The van der Waals surface area contributed by atoms with Gasteiger partial charge in [0.15, 0.2) is 6.10 Å². The number of likely N-dealkylation sites (N-methyl/N-ethyl adjacent to an activating group) is 1. The van der Waals surface area contributed by atoms with Crippen molar-refractivity contribution in [1.82, 2.24) is 15.5 Å². The van der Waals surface area contributed by atoms with Gasteiger partial charge >= 0.3 is 5.97 Å². The molecule has 43 heavy (non-hydrogen) atoms. The Balaban J connectivity index is 2.87. The number of ether oxygens (including phenoxy) is 1. The molecule has 1 rings (SSSR count). The Morgan fingerprint density at radius 2 is 1.53 bits per heavy atom. The van der Waals surface area contributed by atoms with E-state index in [2.05, 4.69) is 17.6 Å². The lowest BCUT2D eigenvalue weighted by Gasteiger charge is -2.32. The fourth-order valence-corrected chi connectivity index (χ4v) is 5.59. The molecule has 1 aliphatic heterocycles. The molecule has 0 aromatic heterocycles. The van der Waals surface area contributed by atoms with Gasteiger partial charge in [-0.1, -0.05) is 97.8 Å². The molecule has 11 nitrogen and oxygen atoms in total. The average molecular weight is 613 g/mol. The minimum absolute atomic E-state index is 0.139. The van der Waals surface area contributed by atoms with Gasteiger partial charge in [0.05, 0.1) is 12.5 Å². The lowest BCUT2D eigenvalue weighted by Crippen LogP contribution is -2.58. The highest BCUT2D eigenvalue weighted by atomic mass is 16.5. The molecule has 0 bridgehead atoms. The number of amides is 3. The first-order valence-electron chi connectivity index (χ1n) is 16.5. The topological polar surface area (TPSA) is 171 Å². The van der Waals surface area contributed by atoms with Gasteiger partial charge in [-0.25, -0.2) is 0 Å². The molecule has 7 atom stereocenters. The van der Waals surface area contributed by atoms with Crippen LogP contribution >= 0.6 is 0 Å². The van der Waals surface area contributed by atoms with Crippen LogP contribution in [0.25, 0.3) is 0 Å². The molecular formula is C32H60N4O7. The van der Waals surface area contributed by atoms with Gasteiger partial charge in [0.1, 0.15) is 18.4 Å². The van der Waals surface area contributed by atoms with E-state index in [9.17, 15) is 29.4 Å². The summed E-state index contributed by atoms with van der Waals surface area (Å²) in [7, 11) is 1.49. The van der Waals surface area contributed by atoms with Crippen LogP contribution in [-0.2, 0) is 23.9 Å². The maximum absolute atomic E-state index is 13.3. The van der Waals surface area contributed by atoms with E-state index in [-0.39, 0.29) is 36.7 Å². The van der Waals surface area contributed by atoms with Crippen molar-refractivity contribution in [2.75, 3.05) is 13.6 Å². The van der Waals surface area contributed by atoms with E-state index in [1.165, 1.54) is 69.7 Å². The summed E-state index contributed by atoms with van der Waals surface area (Å²) >= 11 is 0. The van der Waals surface area contributed by atoms with Crippen LogP contribution in [0.15, 0.2) is 0 Å². The van der Waals surface area contributed by atoms with Gasteiger partial charge in [-0.05, 0) is 25.7 Å². The van der Waals surface area contributed by atoms with Crippen molar-refractivity contribution in [3.8, 4) is 0 Å². The molecule has 1 fully saturated rings. The number of primary amides is 1. The summed E-state index contributed by atoms with van der Waals surface area (Å²) in [5, 5.41) is 26.4. The number of cyclic esters (lactones) is 1. The Bertz CT molecular complexity index is 843. The second kappa shape index (κ2) is 21.5. The molecule has 6 unspecified atom stereocenters. The summed E-state index contributed by atoms with van der Waals surface area (Å²) in [5.41, 5.74) is 5.28. The first-order valence-corrected chi connectivity index (χ1v) is 16.5.